The summed E-state index contributed by atoms with van der Waals surface area (Å²) in [5, 5.41) is 0. The number of hydrogen-bond acceptors (Lipinski definition) is 2. The van der Waals surface area contributed by atoms with Crippen LogP contribution in [0.2, 0.25) is 0 Å². The van der Waals surface area contributed by atoms with Crippen molar-refractivity contribution in [2.24, 2.45) is 0 Å². The lowest BCUT2D eigenvalue weighted by Gasteiger charge is -2.15. The average molecular weight is 311 g/mol. The van der Waals surface area contributed by atoms with Gasteiger partial charge in [0.2, 0.25) is 0 Å². The van der Waals surface area contributed by atoms with E-state index in [0.29, 0.717) is 0 Å². The summed E-state index contributed by atoms with van der Waals surface area (Å²) in [7, 11) is 0. The average Bonchev–Trinajstić information content (AvgIpc) is 2.14. The Morgan fingerprint density at radius 3 is 2.47 bits per heavy atom. The van der Waals surface area contributed by atoms with Crippen LogP contribution in [0.15, 0.2) is 16.6 Å². The standard InChI is InChI=1S/C11H10BrF3O2/c1-6-3-4-8(5-17-7(2)16)10(12)9(6)11(13,14)15/h3-4H,5H2,1-2H3. The van der Waals surface area contributed by atoms with Crippen molar-refractivity contribution in [3.63, 3.8) is 0 Å². The van der Waals surface area contributed by atoms with Crippen molar-refractivity contribution in [1.29, 1.82) is 0 Å². The van der Waals surface area contributed by atoms with Crippen LogP contribution in [0.3, 0.4) is 0 Å². The van der Waals surface area contributed by atoms with E-state index in [4.69, 9.17) is 0 Å². The smallest absolute Gasteiger partial charge is 0.417 e. The highest BCUT2D eigenvalue weighted by atomic mass is 79.9. The van der Waals surface area contributed by atoms with Crippen LogP contribution in [-0.2, 0) is 22.3 Å². The third-order valence-electron chi connectivity index (χ3n) is 2.14. The first-order valence-corrected chi connectivity index (χ1v) is 5.51. The van der Waals surface area contributed by atoms with Crippen molar-refractivity contribution in [3.05, 3.63) is 33.3 Å². The molecular weight excluding hydrogens is 301 g/mol. The second kappa shape index (κ2) is 5.08. The summed E-state index contributed by atoms with van der Waals surface area (Å²) in [6.07, 6.45) is -4.44. The Balaban J connectivity index is 3.15. The summed E-state index contributed by atoms with van der Waals surface area (Å²) < 4.78 is 42.9. The number of rotatable bonds is 2. The van der Waals surface area contributed by atoms with Crippen LogP contribution in [0.5, 0.6) is 0 Å². The van der Waals surface area contributed by atoms with Gasteiger partial charge in [-0.25, -0.2) is 0 Å². The monoisotopic (exact) mass is 310 g/mol. The van der Waals surface area contributed by atoms with Crippen molar-refractivity contribution in [2.75, 3.05) is 0 Å². The Kier molecular flexibility index (Phi) is 4.19. The van der Waals surface area contributed by atoms with Gasteiger partial charge >= 0.3 is 12.1 Å². The van der Waals surface area contributed by atoms with E-state index >= 15 is 0 Å². The first kappa shape index (κ1) is 14.0. The molecule has 0 saturated carbocycles. The minimum atomic E-state index is -4.44. The fraction of sp³-hybridized carbons (Fsp3) is 0.364. The maximum absolute atomic E-state index is 12.8. The van der Waals surface area contributed by atoms with Crippen LogP contribution in [0.1, 0.15) is 23.6 Å². The molecule has 0 amide bonds. The molecule has 94 valence electrons. The van der Waals surface area contributed by atoms with Crippen molar-refractivity contribution in [1.82, 2.24) is 0 Å². The lowest BCUT2D eigenvalue weighted by Crippen LogP contribution is -2.11. The van der Waals surface area contributed by atoms with Crippen LogP contribution in [0.4, 0.5) is 13.2 Å². The number of esters is 1. The molecule has 0 unspecified atom stereocenters. The number of carbonyl (C=O) groups excluding carboxylic acids is 1. The SMILES string of the molecule is CC(=O)OCc1ccc(C)c(C(F)(F)F)c1Br. The molecule has 0 atom stereocenters. The molecule has 0 heterocycles. The van der Waals surface area contributed by atoms with Gasteiger partial charge in [-0.1, -0.05) is 12.1 Å². The third kappa shape index (κ3) is 3.46. The summed E-state index contributed by atoms with van der Waals surface area (Å²) in [5.41, 5.74) is -0.323. The molecule has 2 nitrogen and oxygen atoms in total. The second-order valence-electron chi connectivity index (χ2n) is 3.51. The van der Waals surface area contributed by atoms with Gasteiger partial charge in [0, 0.05) is 17.0 Å². The van der Waals surface area contributed by atoms with Gasteiger partial charge in [0.1, 0.15) is 6.61 Å². The largest absolute Gasteiger partial charge is 0.461 e. The minimum absolute atomic E-state index is 0.0775. The number of halogens is 4. The number of carbonyl (C=O) groups is 1. The molecule has 1 aromatic rings. The predicted octanol–water partition coefficient (Wildman–Crippen LogP) is 3.84. The fourth-order valence-corrected chi connectivity index (χ4v) is 2.14. The molecule has 0 bridgehead atoms. The molecule has 0 aliphatic rings. The van der Waals surface area contributed by atoms with Gasteiger partial charge in [0.25, 0.3) is 0 Å². The highest BCUT2D eigenvalue weighted by Gasteiger charge is 2.35. The lowest BCUT2D eigenvalue weighted by atomic mass is 10.0. The van der Waals surface area contributed by atoms with E-state index in [1.807, 2.05) is 0 Å². The Bertz CT molecular complexity index is 441. The highest BCUT2D eigenvalue weighted by Crippen LogP contribution is 2.38. The summed E-state index contributed by atoms with van der Waals surface area (Å²) >= 11 is 2.91. The third-order valence-corrected chi connectivity index (χ3v) is 3.05. The van der Waals surface area contributed by atoms with Crippen molar-refractivity contribution in [3.8, 4) is 0 Å². The fourth-order valence-electron chi connectivity index (χ4n) is 1.35. The zero-order chi connectivity index (χ0) is 13.2. The number of aryl methyl sites for hydroxylation is 1. The molecule has 0 saturated heterocycles. The molecule has 1 aromatic carbocycles. The Labute approximate surface area is 105 Å². The van der Waals surface area contributed by atoms with Gasteiger partial charge < -0.3 is 4.74 Å². The Hall–Kier alpha value is -1.04. The normalized spacial score (nSPS) is 11.4. The van der Waals surface area contributed by atoms with E-state index in [1.54, 1.807) is 0 Å². The second-order valence-corrected chi connectivity index (χ2v) is 4.30. The van der Waals surface area contributed by atoms with Crippen LogP contribution in [0.25, 0.3) is 0 Å². The Morgan fingerprint density at radius 2 is 2.00 bits per heavy atom. The number of alkyl halides is 3. The van der Waals surface area contributed by atoms with E-state index < -0.39 is 17.7 Å². The van der Waals surface area contributed by atoms with Crippen molar-refractivity contribution in [2.45, 2.75) is 26.6 Å². The summed E-state index contributed by atoms with van der Waals surface area (Å²) in [4.78, 5) is 10.6. The zero-order valence-electron chi connectivity index (χ0n) is 9.19. The van der Waals surface area contributed by atoms with Gasteiger partial charge in [-0.15, -0.1) is 0 Å². The summed E-state index contributed by atoms with van der Waals surface area (Å²) in [6.45, 7) is 2.40. The molecule has 0 radical (unpaired) electrons. The lowest BCUT2D eigenvalue weighted by molar-refractivity contribution is -0.142. The van der Waals surface area contributed by atoms with Crippen LogP contribution >= 0.6 is 15.9 Å². The number of benzene rings is 1. The molecule has 0 aromatic heterocycles. The number of hydrogen-bond donors (Lipinski definition) is 0. The molecule has 0 aliphatic heterocycles. The van der Waals surface area contributed by atoms with Gasteiger partial charge in [-0.3, -0.25) is 4.79 Å². The molecule has 0 fully saturated rings. The first-order valence-electron chi connectivity index (χ1n) is 4.72. The van der Waals surface area contributed by atoms with E-state index in [2.05, 4.69) is 20.7 Å². The molecule has 0 aliphatic carbocycles. The van der Waals surface area contributed by atoms with E-state index in [9.17, 15) is 18.0 Å². The van der Waals surface area contributed by atoms with Gasteiger partial charge in [0.15, 0.2) is 0 Å². The molecule has 0 N–H and O–H groups in total. The molecule has 1 rings (SSSR count). The minimum Gasteiger partial charge on any atom is -0.461 e. The highest BCUT2D eigenvalue weighted by molar-refractivity contribution is 9.10. The van der Waals surface area contributed by atoms with E-state index in [1.165, 1.54) is 26.0 Å². The van der Waals surface area contributed by atoms with Crippen LogP contribution in [0, 0.1) is 6.92 Å². The quantitative estimate of drug-likeness (QED) is 0.776. The van der Waals surface area contributed by atoms with Crippen molar-refractivity contribution >= 4 is 21.9 Å². The maximum Gasteiger partial charge on any atom is 0.417 e. The van der Waals surface area contributed by atoms with E-state index in [-0.39, 0.29) is 22.2 Å². The van der Waals surface area contributed by atoms with Crippen LogP contribution in [-0.4, -0.2) is 5.97 Å². The van der Waals surface area contributed by atoms with Crippen LogP contribution < -0.4 is 0 Å². The topological polar surface area (TPSA) is 26.3 Å². The van der Waals surface area contributed by atoms with Crippen molar-refractivity contribution < 1.29 is 22.7 Å². The van der Waals surface area contributed by atoms with Gasteiger partial charge in [-0.2, -0.15) is 13.2 Å². The first-order chi connectivity index (χ1) is 7.73. The number of ether oxygens (including phenoxy) is 1. The molecule has 0 spiro atoms. The predicted molar refractivity (Wildman–Crippen MR) is 59.4 cm³/mol. The molecule has 6 heteroatoms. The van der Waals surface area contributed by atoms with Gasteiger partial charge in [-0.05, 0) is 28.4 Å². The van der Waals surface area contributed by atoms with Gasteiger partial charge in [0.05, 0.1) is 5.56 Å². The Morgan fingerprint density at radius 1 is 1.41 bits per heavy atom. The molecular formula is C11H10BrF3O2. The zero-order valence-corrected chi connectivity index (χ0v) is 10.8. The summed E-state index contributed by atoms with van der Waals surface area (Å²) in [6, 6.07) is 2.85. The molecule has 17 heavy (non-hydrogen) atoms. The maximum atomic E-state index is 12.8. The van der Waals surface area contributed by atoms with E-state index in [0.717, 1.165) is 0 Å². The summed E-state index contributed by atoms with van der Waals surface area (Å²) in [5.74, 6) is -0.536.